The van der Waals surface area contributed by atoms with Crippen LogP contribution in [-0.4, -0.2) is 24.5 Å². The standard InChI is InChI=1S/C20H22BrNO4/c1-14(2)26-19(23)11-12-22-20(24)16-8-4-6-10-18(16)25-13-15-7-3-5-9-17(15)21/h3-10,14H,11-13H2,1-2H3,(H,22,24). The average Bonchev–Trinajstić information content (AvgIpc) is 2.60. The van der Waals surface area contributed by atoms with Crippen LogP contribution in [0.25, 0.3) is 0 Å². The molecule has 0 aromatic heterocycles. The molecule has 0 aliphatic heterocycles. The lowest BCUT2D eigenvalue weighted by molar-refractivity contribution is -0.147. The molecule has 2 aromatic carbocycles. The number of amides is 1. The molecule has 0 spiro atoms. The Labute approximate surface area is 161 Å². The molecule has 0 radical (unpaired) electrons. The Kier molecular flexibility index (Phi) is 7.66. The summed E-state index contributed by atoms with van der Waals surface area (Å²) in [4.78, 5) is 23.9. The molecule has 0 bridgehead atoms. The maximum absolute atomic E-state index is 12.4. The highest BCUT2D eigenvalue weighted by Gasteiger charge is 2.13. The van der Waals surface area contributed by atoms with E-state index >= 15 is 0 Å². The minimum absolute atomic E-state index is 0.129. The fraction of sp³-hybridized carbons (Fsp3) is 0.300. The largest absolute Gasteiger partial charge is 0.488 e. The topological polar surface area (TPSA) is 64.6 Å². The molecule has 1 N–H and O–H groups in total. The third-order valence-corrected chi connectivity index (χ3v) is 4.23. The van der Waals surface area contributed by atoms with E-state index in [-0.39, 0.29) is 30.9 Å². The van der Waals surface area contributed by atoms with Gasteiger partial charge in [0.1, 0.15) is 12.4 Å². The van der Waals surface area contributed by atoms with E-state index < -0.39 is 0 Å². The summed E-state index contributed by atoms with van der Waals surface area (Å²) in [5, 5.41) is 2.72. The Bertz CT molecular complexity index is 761. The van der Waals surface area contributed by atoms with Crippen LogP contribution >= 0.6 is 15.9 Å². The molecule has 1 amide bonds. The quantitative estimate of drug-likeness (QED) is 0.654. The van der Waals surface area contributed by atoms with Gasteiger partial charge in [-0.3, -0.25) is 9.59 Å². The number of benzene rings is 2. The first-order chi connectivity index (χ1) is 12.5. The zero-order valence-electron chi connectivity index (χ0n) is 14.8. The normalized spacial score (nSPS) is 10.5. The van der Waals surface area contributed by atoms with Gasteiger partial charge in [0.2, 0.25) is 0 Å². The Morgan fingerprint density at radius 2 is 1.77 bits per heavy atom. The molecule has 26 heavy (non-hydrogen) atoms. The lowest BCUT2D eigenvalue weighted by Gasteiger charge is -2.13. The Balaban J connectivity index is 1.94. The van der Waals surface area contributed by atoms with E-state index in [1.54, 1.807) is 32.0 Å². The molecule has 2 aromatic rings. The van der Waals surface area contributed by atoms with Gasteiger partial charge in [0, 0.05) is 16.6 Å². The molecule has 2 rings (SSSR count). The molecule has 0 heterocycles. The fourth-order valence-electron chi connectivity index (χ4n) is 2.25. The number of para-hydroxylation sites is 1. The summed E-state index contributed by atoms with van der Waals surface area (Å²) in [6, 6.07) is 14.8. The van der Waals surface area contributed by atoms with Crippen LogP contribution < -0.4 is 10.1 Å². The van der Waals surface area contributed by atoms with Crippen LogP contribution in [0.15, 0.2) is 53.0 Å². The zero-order valence-corrected chi connectivity index (χ0v) is 16.4. The summed E-state index contributed by atoms with van der Waals surface area (Å²) in [7, 11) is 0. The van der Waals surface area contributed by atoms with Crippen molar-refractivity contribution in [2.75, 3.05) is 6.54 Å². The lowest BCUT2D eigenvalue weighted by atomic mass is 10.2. The number of esters is 1. The number of nitrogens with one attached hydrogen (secondary N) is 1. The molecule has 0 saturated heterocycles. The number of carbonyl (C=O) groups is 2. The van der Waals surface area contributed by atoms with E-state index in [0.717, 1.165) is 10.0 Å². The van der Waals surface area contributed by atoms with Gasteiger partial charge in [-0.05, 0) is 32.0 Å². The van der Waals surface area contributed by atoms with Crippen molar-refractivity contribution in [1.82, 2.24) is 5.32 Å². The summed E-state index contributed by atoms with van der Waals surface area (Å²) < 4.78 is 11.8. The van der Waals surface area contributed by atoms with Crippen LogP contribution in [0.4, 0.5) is 0 Å². The molecule has 0 atom stereocenters. The number of hydrogen-bond donors (Lipinski definition) is 1. The van der Waals surface area contributed by atoms with Crippen molar-refractivity contribution in [1.29, 1.82) is 0 Å². The number of ether oxygens (including phenoxy) is 2. The Morgan fingerprint density at radius 3 is 2.50 bits per heavy atom. The van der Waals surface area contributed by atoms with Gasteiger partial charge >= 0.3 is 5.97 Å². The van der Waals surface area contributed by atoms with E-state index in [2.05, 4.69) is 21.2 Å². The van der Waals surface area contributed by atoms with Crippen molar-refractivity contribution in [3.63, 3.8) is 0 Å². The first-order valence-electron chi connectivity index (χ1n) is 8.40. The molecule has 0 aliphatic rings. The number of hydrogen-bond acceptors (Lipinski definition) is 4. The van der Waals surface area contributed by atoms with Gasteiger partial charge in [-0.2, -0.15) is 0 Å². The van der Waals surface area contributed by atoms with Gasteiger partial charge in [0.15, 0.2) is 0 Å². The van der Waals surface area contributed by atoms with E-state index in [1.807, 2.05) is 30.3 Å². The van der Waals surface area contributed by atoms with Crippen LogP contribution in [0, 0.1) is 0 Å². The summed E-state index contributed by atoms with van der Waals surface area (Å²) in [5.41, 5.74) is 1.41. The summed E-state index contributed by atoms with van der Waals surface area (Å²) in [6.07, 6.45) is -0.0335. The molecule has 0 saturated carbocycles. The van der Waals surface area contributed by atoms with Gasteiger partial charge in [-0.1, -0.05) is 46.3 Å². The molecule has 0 fully saturated rings. The fourth-order valence-corrected chi connectivity index (χ4v) is 2.65. The van der Waals surface area contributed by atoms with Crippen molar-refractivity contribution in [2.24, 2.45) is 0 Å². The highest BCUT2D eigenvalue weighted by atomic mass is 79.9. The first kappa shape index (κ1) is 20.0. The minimum atomic E-state index is -0.334. The maximum atomic E-state index is 12.4. The van der Waals surface area contributed by atoms with E-state index in [9.17, 15) is 9.59 Å². The highest BCUT2D eigenvalue weighted by Crippen LogP contribution is 2.22. The highest BCUT2D eigenvalue weighted by molar-refractivity contribution is 9.10. The maximum Gasteiger partial charge on any atom is 0.307 e. The number of halogens is 1. The van der Waals surface area contributed by atoms with E-state index in [4.69, 9.17) is 9.47 Å². The van der Waals surface area contributed by atoms with Crippen LogP contribution in [0.5, 0.6) is 5.75 Å². The second-order valence-electron chi connectivity index (χ2n) is 5.92. The molecule has 138 valence electrons. The second-order valence-corrected chi connectivity index (χ2v) is 6.78. The van der Waals surface area contributed by atoms with Crippen molar-refractivity contribution in [2.45, 2.75) is 33.0 Å². The van der Waals surface area contributed by atoms with Crippen LogP contribution in [-0.2, 0) is 16.1 Å². The first-order valence-corrected chi connectivity index (χ1v) is 9.19. The minimum Gasteiger partial charge on any atom is -0.488 e. The summed E-state index contributed by atoms with van der Waals surface area (Å²) in [5.74, 6) is -0.130. The molecular formula is C20H22BrNO4. The van der Waals surface area contributed by atoms with E-state index in [0.29, 0.717) is 17.9 Å². The van der Waals surface area contributed by atoms with Crippen LogP contribution in [0.2, 0.25) is 0 Å². The summed E-state index contributed by atoms with van der Waals surface area (Å²) >= 11 is 3.48. The third-order valence-electron chi connectivity index (χ3n) is 3.45. The summed E-state index contributed by atoms with van der Waals surface area (Å²) in [6.45, 7) is 4.12. The van der Waals surface area contributed by atoms with Gasteiger partial charge in [0.25, 0.3) is 5.91 Å². The monoisotopic (exact) mass is 419 g/mol. The van der Waals surface area contributed by atoms with Crippen LogP contribution in [0.1, 0.15) is 36.2 Å². The lowest BCUT2D eigenvalue weighted by Crippen LogP contribution is -2.27. The molecule has 0 aliphatic carbocycles. The number of carbonyl (C=O) groups excluding carboxylic acids is 2. The van der Waals surface area contributed by atoms with Crippen LogP contribution in [0.3, 0.4) is 0 Å². The average molecular weight is 420 g/mol. The van der Waals surface area contributed by atoms with Crippen molar-refractivity contribution in [3.8, 4) is 5.75 Å². The predicted molar refractivity (Wildman–Crippen MR) is 103 cm³/mol. The smallest absolute Gasteiger partial charge is 0.307 e. The third kappa shape index (κ3) is 6.19. The Morgan fingerprint density at radius 1 is 1.08 bits per heavy atom. The molecule has 5 nitrogen and oxygen atoms in total. The van der Waals surface area contributed by atoms with Gasteiger partial charge in [0.05, 0.1) is 18.1 Å². The van der Waals surface area contributed by atoms with Crippen molar-refractivity contribution < 1.29 is 19.1 Å². The van der Waals surface area contributed by atoms with Gasteiger partial charge < -0.3 is 14.8 Å². The van der Waals surface area contributed by atoms with E-state index in [1.165, 1.54) is 0 Å². The zero-order chi connectivity index (χ0) is 18.9. The van der Waals surface area contributed by atoms with Crippen molar-refractivity contribution in [3.05, 3.63) is 64.1 Å². The SMILES string of the molecule is CC(C)OC(=O)CCNC(=O)c1ccccc1OCc1ccccc1Br. The van der Waals surface area contributed by atoms with Crippen molar-refractivity contribution >= 4 is 27.8 Å². The number of rotatable bonds is 8. The molecule has 6 heteroatoms. The van der Waals surface area contributed by atoms with Gasteiger partial charge in [-0.15, -0.1) is 0 Å². The predicted octanol–water partition coefficient (Wildman–Crippen LogP) is 4.10. The van der Waals surface area contributed by atoms with Gasteiger partial charge in [-0.25, -0.2) is 0 Å². The Hall–Kier alpha value is -2.34. The second kappa shape index (κ2) is 9.97. The molecule has 0 unspecified atom stereocenters. The molecular weight excluding hydrogens is 398 g/mol.